The number of amides is 3. The Morgan fingerprint density at radius 3 is 2.03 bits per heavy atom. The van der Waals surface area contributed by atoms with Crippen LogP contribution in [0.1, 0.15) is 40.2 Å². The lowest BCUT2D eigenvalue weighted by molar-refractivity contribution is -0.144. The summed E-state index contributed by atoms with van der Waals surface area (Å²) in [4.78, 5) is 50.6. The summed E-state index contributed by atoms with van der Waals surface area (Å²) in [5.74, 6) is -1.58. The molecule has 1 rings (SSSR count). The van der Waals surface area contributed by atoms with Crippen molar-refractivity contribution in [2.75, 3.05) is 19.1 Å². The molecule has 0 aromatic heterocycles. The third-order valence-corrected chi connectivity index (χ3v) is 5.34. The third-order valence-electron chi connectivity index (χ3n) is 4.67. The number of benzene rings is 1. The largest absolute Gasteiger partial charge is 0.467 e. The number of carbonyl (C=O) groups is 4. The number of ether oxygens (including phenoxy) is 2. The van der Waals surface area contributed by atoms with Crippen LogP contribution in [-0.4, -0.2) is 66.7 Å². The zero-order chi connectivity index (χ0) is 25.9. The average Bonchev–Trinajstić information content (AvgIpc) is 2.75. The van der Waals surface area contributed by atoms with Gasteiger partial charge in [0.05, 0.1) is 7.11 Å². The number of esters is 1. The maximum atomic E-state index is 13.1. The highest BCUT2D eigenvalue weighted by atomic mass is 32.2. The Morgan fingerprint density at radius 1 is 0.941 bits per heavy atom. The van der Waals surface area contributed by atoms with Crippen molar-refractivity contribution in [3.8, 4) is 0 Å². The second-order valence-electron chi connectivity index (χ2n) is 9.16. The van der Waals surface area contributed by atoms with E-state index in [0.29, 0.717) is 5.75 Å². The van der Waals surface area contributed by atoms with Crippen LogP contribution in [0, 0.1) is 5.92 Å². The Labute approximate surface area is 206 Å². The Balaban J connectivity index is 3.08. The standard InChI is InChI=1S/C24H37N3O6S/c1-15(2)19(27-23(31)33-24(3,4)5)21(29)25-17(13-16-11-9-8-10-12-16)20(28)26-18(14-34-7)22(30)32-6/h8-12,15,17-19H,13-14H2,1-7H3,(H,25,29)(H,26,28)(H,27,31)/t17-,18-,19-/m0/s1. The van der Waals surface area contributed by atoms with E-state index in [-0.39, 0.29) is 12.3 Å². The Hall–Kier alpha value is -2.75. The molecule has 3 N–H and O–H groups in total. The summed E-state index contributed by atoms with van der Waals surface area (Å²) in [5.41, 5.74) is 0.0986. The van der Waals surface area contributed by atoms with Gasteiger partial charge in [-0.05, 0) is 38.5 Å². The van der Waals surface area contributed by atoms with Crippen molar-refractivity contribution in [3.05, 3.63) is 35.9 Å². The molecule has 1 aromatic rings. The first-order valence-corrected chi connectivity index (χ1v) is 12.5. The van der Waals surface area contributed by atoms with Gasteiger partial charge in [0.25, 0.3) is 0 Å². The van der Waals surface area contributed by atoms with E-state index in [2.05, 4.69) is 16.0 Å². The van der Waals surface area contributed by atoms with E-state index in [0.717, 1.165) is 5.56 Å². The number of rotatable bonds is 11. The molecule has 0 heterocycles. The first-order chi connectivity index (χ1) is 15.9. The van der Waals surface area contributed by atoms with Crippen LogP contribution in [0.15, 0.2) is 30.3 Å². The van der Waals surface area contributed by atoms with E-state index >= 15 is 0 Å². The fraction of sp³-hybridized carbons (Fsp3) is 0.583. The zero-order valence-electron chi connectivity index (χ0n) is 21.0. The molecule has 3 amide bonds. The summed E-state index contributed by atoms with van der Waals surface area (Å²) < 4.78 is 10.1. The third kappa shape index (κ3) is 10.5. The molecule has 0 aliphatic carbocycles. The molecule has 0 spiro atoms. The number of nitrogens with one attached hydrogen (secondary N) is 3. The molecule has 10 heteroatoms. The minimum atomic E-state index is -0.981. The molecular formula is C24H37N3O6S. The van der Waals surface area contributed by atoms with Gasteiger partial charge in [-0.3, -0.25) is 9.59 Å². The second kappa shape index (κ2) is 13.8. The van der Waals surface area contributed by atoms with E-state index in [4.69, 9.17) is 9.47 Å². The quantitative estimate of drug-likeness (QED) is 0.403. The van der Waals surface area contributed by atoms with Crippen LogP contribution in [0.3, 0.4) is 0 Å². The molecule has 0 saturated heterocycles. The van der Waals surface area contributed by atoms with Gasteiger partial charge in [-0.1, -0.05) is 44.2 Å². The highest BCUT2D eigenvalue weighted by molar-refractivity contribution is 7.98. The summed E-state index contributed by atoms with van der Waals surface area (Å²) in [6.45, 7) is 8.73. The predicted octanol–water partition coefficient (Wildman–Crippen LogP) is 2.28. The summed E-state index contributed by atoms with van der Waals surface area (Å²) in [7, 11) is 1.25. The Kier molecular flexibility index (Phi) is 11.9. The highest BCUT2D eigenvalue weighted by Gasteiger charge is 2.32. The number of alkyl carbamates (subject to hydrolysis) is 1. The van der Waals surface area contributed by atoms with Crippen LogP contribution >= 0.6 is 11.8 Å². The van der Waals surface area contributed by atoms with Crippen molar-refractivity contribution in [1.82, 2.24) is 16.0 Å². The first kappa shape index (κ1) is 29.3. The normalized spacial score (nSPS) is 13.9. The highest BCUT2D eigenvalue weighted by Crippen LogP contribution is 2.11. The molecule has 1 aromatic carbocycles. The summed E-state index contributed by atoms with van der Waals surface area (Å²) >= 11 is 1.38. The SMILES string of the molecule is COC(=O)[C@H](CSC)NC(=O)[C@H](Cc1ccccc1)NC(=O)[C@@H](NC(=O)OC(C)(C)C)C(C)C. The van der Waals surface area contributed by atoms with Gasteiger partial charge in [-0.25, -0.2) is 9.59 Å². The lowest BCUT2D eigenvalue weighted by Gasteiger charge is -2.27. The molecule has 0 saturated carbocycles. The van der Waals surface area contributed by atoms with Gasteiger partial charge in [0, 0.05) is 12.2 Å². The van der Waals surface area contributed by atoms with Crippen LogP contribution < -0.4 is 16.0 Å². The van der Waals surface area contributed by atoms with Crippen LogP contribution in [0.25, 0.3) is 0 Å². The van der Waals surface area contributed by atoms with Crippen molar-refractivity contribution in [3.63, 3.8) is 0 Å². The minimum Gasteiger partial charge on any atom is -0.467 e. The molecule has 0 aliphatic rings. The van der Waals surface area contributed by atoms with Gasteiger partial charge in [-0.2, -0.15) is 11.8 Å². The minimum absolute atomic E-state index is 0.197. The van der Waals surface area contributed by atoms with Crippen molar-refractivity contribution in [1.29, 1.82) is 0 Å². The topological polar surface area (TPSA) is 123 Å². The van der Waals surface area contributed by atoms with Crippen molar-refractivity contribution < 1.29 is 28.7 Å². The summed E-state index contributed by atoms with van der Waals surface area (Å²) in [6, 6.07) is 6.42. The van der Waals surface area contributed by atoms with Gasteiger partial charge < -0.3 is 25.4 Å². The summed E-state index contributed by atoms with van der Waals surface area (Å²) in [6.07, 6.45) is 1.28. The van der Waals surface area contributed by atoms with Gasteiger partial charge >= 0.3 is 12.1 Å². The molecular weight excluding hydrogens is 458 g/mol. The molecule has 34 heavy (non-hydrogen) atoms. The number of hydrogen-bond acceptors (Lipinski definition) is 7. The lowest BCUT2D eigenvalue weighted by Crippen LogP contribution is -2.58. The Morgan fingerprint density at radius 2 is 1.53 bits per heavy atom. The van der Waals surface area contributed by atoms with Crippen molar-refractivity contribution >= 4 is 35.6 Å². The van der Waals surface area contributed by atoms with E-state index in [1.54, 1.807) is 40.9 Å². The van der Waals surface area contributed by atoms with Crippen LogP contribution in [0.4, 0.5) is 4.79 Å². The average molecular weight is 496 g/mol. The smallest absolute Gasteiger partial charge is 0.408 e. The molecule has 0 bridgehead atoms. The second-order valence-corrected chi connectivity index (χ2v) is 10.1. The fourth-order valence-corrected chi connectivity index (χ4v) is 3.59. The van der Waals surface area contributed by atoms with Gasteiger partial charge in [0.2, 0.25) is 11.8 Å². The maximum absolute atomic E-state index is 13.1. The first-order valence-electron chi connectivity index (χ1n) is 11.1. The summed E-state index contributed by atoms with van der Waals surface area (Å²) in [5, 5.41) is 8.00. The predicted molar refractivity (Wildman–Crippen MR) is 132 cm³/mol. The van der Waals surface area contributed by atoms with E-state index in [9.17, 15) is 19.2 Å². The number of thioether (sulfide) groups is 1. The van der Waals surface area contributed by atoms with Crippen LogP contribution in [0.2, 0.25) is 0 Å². The van der Waals surface area contributed by atoms with Crippen LogP contribution in [-0.2, 0) is 30.3 Å². The molecule has 0 radical (unpaired) electrons. The monoisotopic (exact) mass is 495 g/mol. The maximum Gasteiger partial charge on any atom is 0.408 e. The fourth-order valence-electron chi connectivity index (χ4n) is 3.04. The van der Waals surface area contributed by atoms with Gasteiger partial charge in [0.15, 0.2) is 0 Å². The van der Waals surface area contributed by atoms with Gasteiger partial charge in [-0.15, -0.1) is 0 Å². The number of hydrogen-bond donors (Lipinski definition) is 3. The molecule has 3 atom stereocenters. The number of carbonyl (C=O) groups excluding carboxylic acids is 4. The molecule has 0 unspecified atom stereocenters. The molecule has 0 aliphatic heterocycles. The zero-order valence-corrected chi connectivity index (χ0v) is 21.8. The van der Waals surface area contributed by atoms with Gasteiger partial charge in [0.1, 0.15) is 23.7 Å². The van der Waals surface area contributed by atoms with Crippen molar-refractivity contribution in [2.45, 2.75) is 64.8 Å². The molecule has 0 fully saturated rings. The Bertz CT molecular complexity index is 826. The number of methoxy groups -OCH3 is 1. The van der Waals surface area contributed by atoms with Crippen molar-refractivity contribution in [2.24, 2.45) is 5.92 Å². The molecule has 190 valence electrons. The molecule has 9 nitrogen and oxygen atoms in total. The lowest BCUT2D eigenvalue weighted by atomic mass is 10.0. The van der Waals surface area contributed by atoms with E-state index in [1.807, 2.05) is 30.3 Å². The van der Waals surface area contributed by atoms with E-state index < -0.39 is 47.6 Å². The van der Waals surface area contributed by atoms with E-state index in [1.165, 1.54) is 18.9 Å². The van der Waals surface area contributed by atoms with Crippen LogP contribution in [0.5, 0.6) is 0 Å².